The Labute approximate surface area is 219 Å². The molecular formula is C30H36N4O3. The van der Waals surface area contributed by atoms with Gasteiger partial charge in [-0.3, -0.25) is 14.7 Å². The summed E-state index contributed by atoms with van der Waals surface area (Å²) in [7, 11) is 0. The van der Waals surface area contributed by atoms with Crippen LogP contribution >= 0.6 is 0 Å². The third-order valence-corrected chi connectivity index (χ3v) is 6.87. The molecule has 194 valence electrons. The molecule has 1 aliphatic carbocycles. The molecule has 0 saturated heterocycles. The van der Waals surface area contributed by atoms with Gasteiger partial charge in [0.1, 0.15) is 5.56 Å². The fourth-order valence-corrected chi connectivity index (χ4v) is 4.74. The van der Waals surface area contributed by atoms with Crippen LogP contribution in [0.2, 0.25) is 0 Å². The summed E-state index contributed by atoms with van der Waals surface area (Å²) in [5, 5.41) is 4.76. The molecule has 0 unspecified atom stereocenters. The van der Waals surface area contributed by atoms with Gasteiger partial charge in [0.05, 0.1) is 12.3 Å². The Morgan fingerprint density at radius 3 is 2.24 bits per heavy atom. The monoisotopic (exact) mass is 500 g/mol. The summed E-state index contributed by atoms with van der Waals surface area (Å²) in [5.74, 6) is 0.517. The van der Waals surface area contributed by atoms with Gasteiger partial charge in [0.15, 0.2) is 5.82 Å². The third-order valence-electron chi connectivity index (χ3n) is 6.87. The van der Waals surface area contributed by atoms with Gasteiger partial charge >= 0.3 is 5.97 Å². The van der Waals surface area contributed by atoms with Crippen molar-refractivity contribution in [2.24, 2.45) is 11.8 Å². The van der Waals surface area contributed by atoms with Crippen molar-refractivity contribution in [3.05, 3.63) is 71.7 Å². The van der Waals surface area contributed by atoms with Crippen molar-refractivity contribution in [2.75, 3.05) is 11.5 Å². The number of anilines is 1. The Morgan fingerprint density at radius 2 is 1.65 bits per heavy atom. The Balaban J connectivity index is 1.64. The highest BCUT2D eigenvalue weighted by Crippen LogP contribution is 2.33. The van der Waals surface area contributed by atoms with E-state index in [1.165, 1.54) is 0 Å². The highest BCUT2D eigenvalue weighted by atomic mass is 16.5. The molecule has 1 amide bonds. The third kappa shape index (κ3) is 6.34. The lowest BCUT2D eigenvalue weighted by atomic mass is 9.82. The average molecular weight is 501 g/mol. The zero-order valence-corrected chi connectivity index (χ0v) is 22.1. The van der Waals surface area contributed by atoms with E-state index in [1.54, 1.807) is 35.1 Å². The minimum Gasteiger partial charge on any atom is -0.462 e. The van der Waals surface area contributed by atoms with Crippen LogP contribution in [0, 0.1) is 11.8 Å². The standard InChI is InChI=1S/C30H36N4O3/c1-5-37-30(36)27-20-33(26-14-10-23(11-15-26)8-9-24-16-18-31-19-17-24)32-28(27)34(21(2)3)29(35)25-12-6-22(4)7-13-25/h8-11,14-22,25H,5-7,12-13H2,1-4H3/b9-8+/t22-,25-. The van der Waals surface area contributed by atoms with Gasteiger partial charge in [-0.15, -0.1) is 5.10 Å². The first-order valence-corrected chi connectivity index (χ1v) is 13.2. The number of esters is 1. The van der Waals surface area contributed by atoms with E-state index >= 15 is 0 Å². The Hall–Kier alpha value is -3.74. The smallest absolute Gasteiger partial charge is 0.343 e. The van der Waals surface area contributed by atoms with Crippen molar-refractivity contribution in [3.63, 3.8) is 0 Å². The quantitative estimate of drug-likeness (QED) is 0.345. The number of rotatable bonds is 8. The highest BCUT2D eigenvalue weighted by Gasteiger charge is 2.34. The summed E-state index contributed by atoms with van der Waals surface area (Å²) < 4.78 is 6.99. The summed E-state index contributed by atoms with van der Waals surface area (Å²) in [4.78, 5) is 32.3. The van der Waals surface area contributed by atoms with Crippen LogP contribution in [0.5, 0.6) is 0 Å². The lowest BCUT2D eigenvalue weighted by Crippen LogP contribution is -2.43. The van der Waals surface area contributed by atoms with E-state index < -0.39 is 5.97 Å². The van der Waals surface area contributed by atoms with Crippen LogP contribution in [0.1, 0.15) is 74.9 Å². The number of benzene rings is 1. The molecule has 0 aliphatic heterocycles. The average Bonchev–Trinajstić information content (AvgIpc) is 3.33. The molecule has 3 aromatic rings. The highest BCUT2D eigenvalue weighted by molar-refractivity contribution is 6.02. The molecule has 0 radical (unpaired) electrons. The van der Waals surface area contributed by atoms with E-state index in [0.29, 0.717) is 17.3 Å². The van der Waals surface area contributed by atoms with E-state index in [9.17, 15) is 9.59 Å². The Bertz CT molecular complexity index is 1220. The zero-order chi connectivity index (χ0) is 26.4. The maximum absolute atomic E-state index is 13.7. The van der Waals surface area contributed by atoms with E-state index in [4.69, 9.17) is 9.84 Å². The lowest BCUT2D eigenvalue weighted by Gasteiger charge is -2.32. The number of carbonyl (C=O) groups is 2. The van der Waals surface area contributed by atoms with Crippen LogP contribution in [0.25, 0.3) is 17.8 Å². The van der Waals surface area contributed by atoms with Gasteiger partial charge in [-0.2, -0.15) is 0 Å². The molecule has 0 bridgehead atoms. The van der Waals surface area contributed by atoms with Crippen LogP contribution in [0.4, 0.5) is 5.82 Å². The van der Waals surface area contributed by atoms with E-state index in [0.717, 1.165) is 42.5 Å². The number of aromatic nitrogens is 3. The van der Waals surface area contributed by atoms with E-state index in [-0.39, 0.29) is 24.5 Å². The second kappa shape index (κ2) is 12.0. The fraction of sp³-hybridized carbons (Fsp3) is 0.400. The van der Waals surface area contributed by atoms with Crippen LogP contribution in [0.15, 0.2) is 55.0 Å². The van der Waals surface area contributed by atoms with Gasteiger partial charge < -0.3 is 4.74 Å². The van der Waals surface area contributed by atoms with Gasteiger partial charge in [-0.1, -0.05) is 31.2 Å². The molecule has 1 fully saturated rings. The van der Waals surface area contributed by atoms with Crippen molar-refractivity contribution in [1.29, 1.82) is 0 Å². The van der Waals surface area contributed by atoms with Crippen LogP contribution in [0.3, 0.4) is 0 Å². The fourth-order valence-electron chi connectivity index (χ4n) is 4.74. The van der Waals surface area contributed by atoms with Crippen LogP contribution in [-0.4, -0.2) is 39.3 Å². The maximum Gasteiger partial charge on any atom is 0.343 e. The molecule has 1 aliphatic rings. The molecule has 1 aromatic carbocycles. The number of amides is 1. The molecule has 37 heavy (non-hydrogen) atoms. The number of ether oxygens (including phenoxy) is 1. The van der Waals surface area contributed by atoms with Gasteiger partial charge in [0.2, 0.25) is 5.91 Å². The van der Waals surface area contributed by atoms with Crippen molar-refractivity contribution in [1.82, 2.24) is 14.8 Å². The second-order valence-electron chi connectivity index (χ2n) is 10.00. The maximum atomic E-state index is 13.7. The molecule has 0 atom stereocenters. The molecule has 1 saturated carbocycles. The van der Waals surface area contributed by atoms with Crippen molar-refractivity contribution in [3.8, 4) is 5.69 Å². The SMILES string of the molecule is CCOC(=O)c1cn(-c2ccc(/C=C/c3ccncc3)cc2)nc1N(C(=O)[C@H]1CC[C@H](C)CC1)C(C)C. The molecule has 2 aromatic heterocycles. The first-order valence-electron chi connectivity index (χ1n) is 13.2. The summed E-state index contributed by atoms with van der Waals surface area (Å²) >= 11 is 0. The molecule has 0 N–H and O–H groups in total. The van der Waals surface area contributed by atoms with Gasteiger partial charge in [0, 0.05) is 30.6 Å². The summed E-state index contributed by atoms with van der Waals surface area (Å²) in [6, 6.07) is 11.6. The Kier molecular flexibility index (Phi) is 8.54. The summed E-state index contributed by atoms with van der Waals surface area (Å²) in [6.45, 7) is 8.18. The summed E-state index contributed by atoms with van der Waals surface area (Å²) in [6.07, 6.45) is 13.1. The van der Waals surface area contributed by atoms with Crippen molar-refractivity contribution < 1.29 is 14.3 Å². The molecule has 7 nitrogen and oxygen atoms in total. The minimum absolute atomic E-state index is 0.0364. The topological polar surface area (TPSA) is 77.3 Å². The van der Waals surface area contributed by atoms with Crippen molar-refractivity contribution >= 4 is 29.8 Å². The second-order valence-corrected chi connectivity index (χ2v) is 10.00. The molecule has 7 heteroatoms. The predicted molar refractivity (Wildman–Crippen MR) is 146 cm³/mol. The molecule has 4 rings (SSSR count). The van der Waals surface area contributed by atoms with Crippen LogP contribution < -0.4 is 4.90 Å². The number of carbonyl (C=O) groups excluding carboxylic acids is 2. The molecule has 0 spiro atoms. The van der Waals surface area contributed by atoms with Gasteiger partial charge in [-0.25, -0.2) is 9.48 Å². The first-order chi connectivity index (χ1) is 17.9. The Morgan fingerprint density at radius 1 is 1.03 bits per heavy atom. The largest absolute Gasteiger partial charge is 0.462 e. The van der Waals surface area contributed by atoms with E-state index in [2.05, 4.69) is 11.9 Å². The first kappa shape index (κ1) is 26.3. The lowest BCUT2D eigenvalue weighted by molar-refractivity contribution is -0.124. The number of hydrogen-bond donors (Lipinski definition) is 0. The number of hydrogen-bond acceptors (Lipinski definition) is 5. The molecule has 2 heterocycles. The number of nitrogens with zero attached hydrogens (tertiary/aromatic N) is 4. The normalized spacial score (nSPS) is 17.8. The summed E-state index contributed by atoms with van der Waals surface area (Å²) in [5.41, 5.74) is 3.19. The molecular weight excluding hydrogens is 464 g/mol. The van der Waals surface area contributed by atoms with Gasteiger partial charge in [0.25, 0.3) is 0 Å². The predicted octanol–water partition coefficient (Wildman–Crippen LogP) is 6.18. The zero-order valence-electron chi connectivity index (χ0n) is 22.1. The van der Waals surface area contributed by atoms with Gasteiger partial charge in [-0.05, 0) is 87.8 Å². The van der Waals surface area contributed by atoms with Crippen LogP contribution in [-0.2, 0) is 9.53 Å². The van der Waals surface area contributed by atoms with Crippen molar-refractivity contribution in [2.45, 2.75) is 59.4 Å². The van der Waals surface area contributed by atoms with E-state index in [1.807, 2.05) is 62.4 Å². The number of pyridine rings is 1. The minimum atomic E-state index is -0.476.